The second-order valence-corrected chi connectivity index (χ2v) is 18.0. The Bertz CT molecular complexity index is 1260. The minimum Gasteiger partial charge on any atom is -0.462 e. The highest BCUT2D eigenvalue weighted by molar-refractivity contribution is 5.66. The number of aliphatic hydroxyl groups is 2. The average Bonchev–Trinajstić information content (AvgIpc) is 3.53. The maximum absolute atomic E-state index is 12.7. The molecule has 45 heavy (non-hydrogen) atoms. The SMILES string of the molecule is CC(=O)O[C@H]1C[C@]2(C)[C@H](C[C@@H](OCc3ccccc3)[C@@H]3[C@@H]([C@]4(C)CC[C@H](C(C)(C)O)O4)CC[C@]32C)[C@@]2(C)CC[C@H](O)C(C)(C)[C@@H]12. The molecule has 1 heterocycles. The zero-order chi connectivity index (χ0) is 32.8. The van der Waals surface area contributed by atoms with Crippen molar-refractivity contribution in [3.8, 4) is 0 Å². The number of benzene rings is 1. The minimum absolute atomic E-state index is 0.0557. The summed E-state index contributed by atoms with van der Waals surface area (Å²) in [5, 5.41) is 22.3. The van der Waals surface area contributed by atoms with Crippen LogP contribution < -0.4 is 0 Å². The van der Waals surface area contributed by atoms with E-state index in [-0.39, 0.29) is 63.4 Å². The maximum atomic E-state index is 12.7. The molecule has 2 N–H and O–H groups in total. The van der Waals surface area contributed by atoms with E-state index in [9.17, 15) is 15.0 Å². The van der Waals surface area contributed by atoms with Crippen LogP contribution in [0.1, 0.15) is 119 Å². The molecule has 1 aromatic rings. The van der Waals surface area contributed by atoms with Crippen molar-refractivity contribution in [1.29, 1.82) is 0 Å². The Morgan fingerprint density at radius 2 is 1.64 bits per heavy atom. The molecule has 5 aliphatic rings. The topological polar surface area (TPSA) is 85.2 Å². The molecule has 1 aliphatic heterocycles. The molecule has 6 heteroatoms. The quantitative estimate of drug-likeness (QED) is 0.319. The number of fused-ring (bicyclic) bond motifs is 5. The first kappa shape index (κ1) is 33.4. The van der Waals surface area contributed by atoms with Crippen molar-refractivity contribution in [3.63, 3.8) is 0 Å². The highest BCUT2D eigenvalue weighted by Gasteiger charge is 2.74. The summed E-state index contributed by atoms with van der Waals surface area (Å²) in [6.07, 6.45) is 6.60. The van der Waals surface area contributed by atoms with Gasteiger partial charge in [-0.15, -0.1) is 0 Å². The molecule has 6 nitrogen and oxygen atoms in total. The van der Waals surface area contributed by atoms with Crippen LogP contribution in [0.2, 0.25) is 0 Å². The molecule has 0 unspecified atom stereocenters. The Morgan fingerprint density at radius 3 is 2.27 bits per heavy atom. The smallest absolute Gasteiger partial charge is 0.302 e. The summed E-state index contributed by atoms with van der Waals surface area (Å²) in [4.78, 5) is 12.7. The third-order valence-electron chi connectivity index (χ3n) is 14.7. The van der Waals surface area contributed by atoms with Gasteiger partial charge in [-0.3, -0.25) is 4.79 Å². The van der Waals surface area contributed by atoms with E-state index in [0.717, 1.165) is 51.4 Å². The minimum atomic E-state index is -0.880. The van der Waals surface area contributed by atoms with E-state index in [1.807, 2.05) is 13.8 Å². The predicted octanol–water partition coefficient (Wildman–Crippen LogP) is 7.48. The van der Waals surface area contributed by atoms with Crippen LogP contribution in [-0.2, 0) is 25.6 Å². The fourth-order valence-electron chi connectivity index (χ4n) is 12.4. The van der Waals surface area contributed by atoms with Crippen LogP contribution in [-0.4, -0.2) is 51.8 Å². The molecule has 0 aromatic heterocycles. The van der Waals surface area contributed by atoms with Gasteiger partial charge in [0.1, 0.15) is 6.10 Å². The van der Waals surface area contributed by atoms with Crippen LogP contribution in [0.3, 0.4) is 0 Å². The Kier molecular flexibility index (Phi) is 8.20. The fraction of sp³-hybridized carbons (Fsp3) is 0.821. The van der Waals surface area contributed by atoms with Crippen molar-refractivity contribution in [2.75, 3.05) is 0 Å². The fourth-order valence-corrected chi connectivity index (χ4v) is 12.4. The lowest BCUT2D eigenvalue weighted by molar-refractivity contribution is -0.283. The van der Waals surface area contributed by atoms with Crippen molar-refractivity contribution >= 4 is 5.97 Å². The third-order valence-corrected chi connectivity index (χ3v) is 14.7. The van der Waals surface area contributed by atoms with E-state index >= 15 is 0 Å². The standard InChI is InChI=1S/C39H60O6/c1-24(40)44-28-22-38(8)29(36(6)18-16-30(41)34(2,3)33(28)36)21-27(43-23-25-13-11-10-12-14-25)32-26(15-19-37(32,38)7)39(9)20-17-31(45-39)35(4,5)42/h10-14,26-33,41-42H,15-23H2,1-9H3/t26-,27+,28-,29+,30-,31+,32-,33+,36+,37+,38+,39-/m0/s1. The second-order valence-electron chi connectivity index (χ2n) is 18.0. The highest BCUT2D eigenvalue weighted by Crippen LogP contribution is 2.76. The first-order valence-corrected chi connectivity index (χ1v) is 17.8. The normalized spacial score (nSPS) is 47.4. The third kappa shape index (κ3) is 5.14. The summed E-state index contributed by atoms with van der Waals surface area (Å²) in [6, 6.07) is 10.5. The highest BCUT2D eigenvalue weighted by atomic mass is 16.5. The molecule has 0 amide bonds. The van der Waals surface area contributed by atoms with E-state index < -0.39 is 11.7 Å². The van der Waals surface area contributed by atoms with Gasteiger partial charge in [-0.05, 0) is 117 Å². The average molecular weight is 625 g/mol. The van der Waals surface area contributed by atoms with Crippen LogP contribution in [0.4, 0.5) is 0 Å². The van der Waals surface area contributed by atoms with Gasteiger partial charge in [0.2, 0.25) is 0 Å². The lowest BCUT2D eigenvalue weighted by atomic mass is 9.34. The van der Waals surface area contributed by atoms with Crippen LogP contribution >= 0.6 is 0 Å². The summed E-state index contributed by atoms with van der Waals surface area (Å²) in [5.41, 5.74) is -0.663. The number of aliphatic hydroxyl groups excluding tert-OH is 1. The van der Waals surface area contributed by atoms with E-state index in [2.05, 4.69) is 71.9 Å². The molecule has 1 aromatic carbocycles. The van der Waals surface area contributed by atoms with Gasteiger partial charge in [0.25, 0.3) is 0 Å². The summed E-state index contributed by atoms with van der Waals surface area (Å²) < 4.78 is 20.3. The summed E-state index contributed by atoms with van der Waals surface area (Å²) >= 11 is 0. The number of ether oxygens (including phenoxy) is 3. The summed E-state index contributed by atoms with van der Waals surface area (Å²) in [7, 11) is 0. The Hall–Kier alpha value is -1.47. The number of carbonyl (C=O) groups is 1. The van der Waals surface area contributed by atoms with Gasteiger partial charge in [0, 0.05) is 12.8 Å². The molecule has 252 valence electrons. The van der Waals surface area contributed by atoms with Crippen molar-refractivity contribution in [2.45, 2.75) is 156 Å². The summed E-state index contributed by atoms with van der Waals surface area (Å²) in [6.45, 7) is 20.0. The van der Waals surface area contributed by atoms with Crippen LogP contribution in [0.5, 0.6) is 0 Å². The monoisotopic (exact) mass is 624 g/mol. The Balaban J connectivity index is 1.44. The van der Waals surface area contributed by atoms with E-state index in [4.69, 9.17) is 14.2 Å². The predicted molar refractivity (Wildman–Crippen MR) is 175 cm³/mol. The number of carbonyl (C=O) groups excluding carboxylic acids is 1. The molecule has 1 saturated heterocycles. The zero-order valence-corrected chi connectivity index (χ0v) is 29.4. The second kappa shape index (κ2) is 11.0. The number of esters is 1. The van der Waals surface area contributed by atoms with Crippen molar-refractivity contribution in [2.24, 2.45) is 45.3 Å². The van der Waals surface area contributed by atoms with Crippen molar-refractivity contribution in [3.05, 3.63) is 35.9 Å². The first-order valence-electron chi connectivity index (χ1n) is 17.8. The van der Waals surface area contributed by atoms with Gasteiger partial charge in [-0.1, -0.05) is 65.0 Å². The molecule has 0 spiro atoms. The van der Waals surface area contributed by atoms with Gasteiger partial charge in [-0.25, -0.2) is 0 Å². The van der Waals surface area contributed by atoms with Crippen LogP contribution in [0.15, 0.2) is 30.3 Å². The largest absolute Gasteiger partial charge is 0.462 e. The van der Waals surface area contributed by atoms with E-state index in [0.29, 0.717) is 18.4 Å². The molecule has 6 rings (SSSR count). The number of hydrogen-bond acceptors (Lipinski definition) is 6. The molecule has 4 saturated carbocycles. The van der Waals surface area contributed by atoms with Crippen molar-refractivity contribution in [1.82, 2.24) is 0 Å². The van der Waals surface area contributed by atoms with E-state index in [1.165, 1.54) is 5.56 Å². The maximum Gasteiger partial charge on any atom is 0.302 e. The number of hydrogen-bond donors (Lipinski definition) is 2. The van der Waals surface area contributed by atoms with E-state index in [1.54, 1.807) is 6.92 Å². The first-order chi connectivity index (χ1) is 20.9. The number of rotatable bonds is 6. The van der Waals surface area contributed by atoms with Crippen LogP contribution in [0.25, 0.3) is 0 Å². The summed E-state index contributed by atoms with van der Waals surface area (Å²) in [5.74, 6) is 0.765. The molecule has 5 fully saturated rings. The molecule has 0 bridgehead atoms. The van der Waals surface area contributed by atoms with Gasteiger partial charge in [0.05, 0.1) is 36.1 Å². The molecule has 0 radical (unpaired) electrons. The van der Waals surface area contributed by atoms with Gasteiger partial charge < -0.3 is 24.4 Å². The van der Waals surface area contributed by atoms with Gasteiger partial charge >= 0.3 is 5.97 Å². The molecule has 12 atom stereocenters. The van der Waals surface area contributed by atoms with Gasteiger partial charge in [0.15, 0.2) is 0 Å². The lowest BCUT2D eigenvalue weighted by Gasteiger charge is -2.72. The van der Waals surface area contributed by atoms with Crippen LogP contribution in [0, 0.1) is 45.3 Å². The van der Waals surface area contributed by atoms with Gasteiger partial charge in [-0.2, -0.15) is 0 Å². The van der Waals surface area contributed by atoms with Crippen molar-refractivity contribution < 1.29 is 29.2 Å². The zero-order valence-electron chi connectivity index (χ0n) is 29.4. The molecular weight excluding hydrogens is 564 g/mol. The Morgan fingerprint density at radius 1 is 0.956 bits per heavy atom. The molecular formula is C39H60O6. The Labute approximate surface area is 272 Å². The molecule has 4 aliphatic carbocycles. The lowest BCUT2D eigenvalue weighted by Crippen LogP contribution is -2.70.